The van der Waals surface area contributed by atoms with E-state index >= 15 is 0 Å². The zero-order valence-corrected chi connectivity index (χ0v) is 10.2. The van der Waals surface area contributed by atoms with Gasteiger partial charge >= 0.3 is 0 Å². The van der Waals surface area contributed by atoms with E-state index in [1.54, 1.807) is 0 Å². The molecule has 0 aliphatic rings. The van der Waals surface area contributed by atoms with E-state index in [2.05, 4.69) is 24.5 Å². The Bertz CT molecular complexity index is 102. The van der Waals surface area contributed by atoms with E-state index < -0.39 is 0 Å². The van der Waals surface area contributed by atoms with E-state index in [0.717, 1.165) is 19.0 Å². The van der Waals surface area contributed by atoms with Gasteiger partial charge in [0.25, 0.3) is 0 Å². The topological polar surface area (TPSA) is 24.1 Å². The van der Waals surface area contributed by atoms with Gasteiger partial charge in [-0.2, -0.15) is 0 Å². The second kappa shape index (κ2) is 11.0. The lowest BCUT2D eigenvalue weighted by Crippen LogP contribution is -2.25. The first kappa shape index (κ1) is 13.9. The van der Waals surface area contributed by atoms with E-state index in [4.69, 9.17) is 0 Å². The molecule has 86 valence electrons. The van der Waals surface area contributed by atoms with Crippen molar-refractivity contribution in [2.75, 3.05) is 26.7 Å². The van der Waals surface area contributed by atoms with Gasteiger partial charge in [0.15, 0.2) is 0 Å². The molecule has 0 rings (SSSR count). The van der Waals surface area contributed by atoms with E-state index in [1.165, 1.54) is 38.6 Å². The van der Waals surface area contributed by atoms with E-state index in [1.807, 2.05) is 7.05 Å². The third kappa shape index (κ3) is 11.9. The Morgan fingerprint density at radius 3 is 2.21 bits per heavy atom. The van der Waals surface area contributed by atoms with E-state index in [9.17, 15) is 0 Å². The maximum Gasteiger partial charge on any atom is 0.00766 e. The molecule has 0 atom stereocenters. The lowest BCUT2D eigenvalue weighted by Gasteiger charge is -2.05. The number of unbranched alkanes of at least 4 members (excludes halogenated alkanes) is 3. The molecule has 2 heteroatoms. The van der Waals surface area contributed by atoms with Gasteiger partial charge in [0.1, 0.15) is 0 Å². The van der Waals surface area contributed by atoms with Crippen LogP contribution in [0, 0.1) is 5.92 Å². The number of likely N-dealkylation sites (N-methyl/N-ethyl adjacent to an activating group) is 1. The summed E-state index contributed by atoms with van der Waals surface area (Å²) in [6.45, 7) is 7.97. The Kier molecular flexibility index (Phi) is 10.9. The van der Waals surface area contributed by atoms with Gasteiger partial charge in [0, 0.05) is 13.1 Å². The summed E-state index contributed by atoms with van der Waals surface area (Å²) in [6.07, 6.45) is 6.94. The first-order valence-electron chi connectivity index (χ1n) is 6.12. The van der Waals surface area contributed by atoms with Gasteiger partial charge in [-0.3, -0.25) is 0 Å². The molecule has 0 aromatic rings. The number of hydrogen-bond donors (Lipinski definition) is 2. The summed E-state index contributed by atoms with van der Waals surface area (Å²) in [5.74, 6) is 0.878. The summed E-state index contributed by atoms with van der Waals surface area (Å²) in [4.78, 5) is 0. The Labute approximate surface area is 89.9 Å². The van der Waals surface area contributed by atoms with Crippen LogP contribution in [0.15, 0.2) is 0 Å². The van der Waals surface area contributed by atoms with Crippen molar-refractivity contribution >= 4 is 0 Å². The lowest BCUT2D eigenvalue weighted by molar-refractivity contribution is 0.511. The van der Waals surface area contributed by atoms with Crippen molar-refractivity contribution in [1.29, 1.82) is 0 Å². The van der Waals surface area contributed by atoms with Gasteiger partial charge < -0.3 is 10.6 Å². The Morgan fingerprint density at radius 2 is 1.57 bits per heavy atom. The van der Waals surface area contributed by atoms with Crippen molar-refractivity contribution in [3.05, 3.63) is 0 Å². The maximum absolute atomic E-state index is 3.42. The zero-order chi connectivity index (χ0) is 10.6. The van der Waals surface area contributed by atoms with Gasteiger partial charge in [-0.15, -0.1) is 0 Å². The van der Waals surface area contributed by atoms with Crippen LogP contribution in [0.5, 0.6) is 0 Å². The molecule has 2 nitrogen and oxygen atoms in total. The Morgan fingerprint density at radius 1 is 0.857 bits per heavy atom. The third-order valence-corrected chi connectivity index (χ3v) is 2.44. The first-order valence-corrected chi connectivity index (χ1v) is 6.12. The minimum absolute atomic E-state index is 0.878. The van der Waals surface area contributed by atoms with Crippen LogP contribution in [-0.4, -0.2) is 26.7 Å². The van der Waals surface area contributed by atoms with Crippen LogP contribution in [0.4, 0.5) is 0 Å². The summed E-state index contributed by atoms with van der Waals surface area (Å²) < 4.78 is 0. The predicted molar refractivity (Wildman–Crippen MR) is 64.7 cm³/mol. The molecule has 0 unspecified atom stereocenters. The van der Waals surface area contributed by atoms with Crippen molar-refractivity contribution in [3.8, 4) is 0 Å². The average molecular weight is 200 g/mol. The van der Waals surface area contributed by atoms with Crippen molar-refractivity contribution in [3.63, 3.8) is 0 Å². The molecule has 0 fully saturated rings. The molecule has 0 aliphatic carbocycles. The van der Waals surface area contributed by atoms with Gasteiger partial charge in [0.05, 0.1) is 0 Å². The molecular formula is C12H28N2. The summed E-state index contributed by atoms with van der Waals surface area (Å²) in [6, 6.07) is 0. The largest absolute Gasteiger partial charge is 0.318 e. The van der Waals surface area contributed by atoms with Crippen molar-refractivity contribution in [2.24, 2.45) is 5.92 Å². The molecular weight excluding hydrogens is 172 g/mol. The quantitative estimate of drug-likeness (QED) is 0.529. The molecule has 0 saturated heterocycles. The van der Waals surface area contributed by atoms with Gasteiger partial charge in [-0.1, -0.05) is 39.5 Å². The minimum Gasteiger partial charge on any atom is -0.318 e. The number of rotatable bonds is 10. The van der Waals surface area contributed by atoms with Crippen molar-refractivity contribution in [2.45, 2.75) is 46.0 Å². The third-order valence-electron chi connectivity index (χ3n) is 2.44. The van der Waals surface area contributed by atoms with Crippen LogP contribution in [0.3, 0.4) is 0 Å². The number of nitrogens with one attached hydrogen (secondary N) is 2. The fourth-order valence-electron chi connectivity index (χ4n) is 1.49. The fourth-order valence-corrected chi connectivity index (χ4v) is 1.49. The van der Waals surface area contributed by atoms with Crippen LogP contribution >= 0.6 is 0 Å². The Hall–Kier alpha value is -0.0800. The van der Waals surface area contributed by atoms with Crippen molar-refractivity contribution < 1.29 is 0 Å². The standard InChI is InChI=1S/C12H28N2/c1-12(2)8-6-4-5-7-9-14-11-10-13-3/h12-14H,4-11H2,1-3H3. The summed E-state index contributed by atoms with van der Waals surface area (Å²) in [5, 5.41) is 6.55. The molecule has 0 heterocycles. The average Bonchev–Trinajstić information content (AvgIpc) is 2.15. The molecule has 0 saturated carbocycles. The first-order chi connectivity index (χ1) is 6.77. The molecule has 0 radical (unpaired) electrons. The van der Waals surface area contributed by atoms with E-state index in [0.29, 0.717) is 0 Å². The maximum atomic E-state index is 3.42. The van der Waals surface area contributed by atoms with Gasteiger partial charge in [-0.05, 0) is 25.9 Å². The number of hydrogen-bond acceptors (Lipinski definition) is 2. The highest BCUT2D eigenvalue weighted by Crippen LogP contribution is 2.08. The van der Waals surface area contributed by atoms with Crippen LogP contribution in [0.25, 0.3) is 0 Å². The summed E-state index contributed by atoms with van der Waals surface area (Å²) >= 11 is 0. The smallest absolute Gasteiger partial charge is 0.00766 e. The predicted octanol–water partition coefficient (Wildman–Crippen LogP) is 2.40. The molecule has 14 heavy (non-hydrogen) atoms. The molecule has 0 aromatic carbocycles. The normalized spacial score (nSPS) is 11.1. The van der Waals surface area contributed by atoms with Gasteiger partial charge in [-0.25, -0.2) is 0 Å². The SMILES string of the molecule is CNCCNCCCCCCC(C)C. The lowest BCUT2D eigenvalue weighted by atomic mass is 10.0. The second-order valence-corrected chi connectivity index (χ2v) is 4.45. The van der Waals surface area contributed by atoms with Gasteiger partial charge in [0.2, 0.25) is 0 Å². The highest BCUT2D eigenvalue weighted by molar-refractivity contribution is 4.51. The van der Waals surface area contributed by atoms with Crippen LogP contribution < -0.4 is 10.6 Å². The molecule has 0 bridgehead atoms. The monoisotopic (exact) mass is 200 g/mol. The minimum atomic E-state index is 0.878. The molecule has 0 aliphatic heterocycles. The van der Waals surface area contributed by atoms with Crippen LogP contribution in [-0.2, 0) is 0 Å². The van der Waals surface area contributed by atoms with Crippen molar-refractivity contribution in [1.82, 2.24) is 10.6 Å². The van der Waals surface area contributed by atoms with E-state index in [-0.39, 0.29) is 0 Å². The second-order valence-electron chi connectivity index (χ2n) is 4.45. The highest BCUT2D eigenvalue weighted by Gasteiger charge is 1.94. The summed E-state index contributed by atoms with van der Waals surface area (Å²) in [5.41, 5.74) is 0. The van der Waals surface area contributed by atoms with Crippen LogP contribution in [0.2, 0.25) is 0 Å². The molecule has 0 aromatic heterocycles. The molecule has 0 amide bonds. The molecule has 2 N–H and O–H groups in total. The highest BCUT2D eigenvalue weighted by atomic mass is 14.9. The molecule has 0 spiro atoms. The zero-order valence-electron chi connectivity index (χ0n) is 10.2. The fraction of sp³-hybridized carbons (Fsp3) is 1.00. The van der Waals surface area contributed by atoms with Crippen LogP contribution in [0.1, 0.15) is 46.0 Å². The summed E-state index contributed by atoms with van der Waals surface area (Å²) in [7, 11) is 1.99. The Balaban J connectivity index is 2.85.